The van der Waals surface area contributed by atoms with Gasteiger partial charge in [-0.15, -0.1) is 0 Å². The molecule has 0 heterocycles. The van der Waals surface area contributed by atoms with Crippen molar-refractivity contribution in [3.8, 4) is 0 Å². The predicted octanol–water partition coefficient (Wildman–Crippen LogP) is 1.34. The summed E-state index contributed by atoms with van der Waals surface area (Å²) in [6, 6.07) is 8.76. The van der Waals surface area contributed by atoms with E-state index in [-0.39, 0.29) is 12.3 Å². The van der Waals surface area contributed by atoms with Crippen molar-refractivity contribution in [2.24, 2.45) is 5.73 Å². The maximum Gasteiger partial charge on any atom is 0.169 e. The van der Waals surface area contributed by atoms with Crippen LogP contribution in [0.5, 0.6) is 0 Å². The molecule has 0 aromatic heterocycles. The largest absolute Gasteiger partial charge is 0.355 e. The van der Waals surface area contributed by atoms with Crippen molar-refractivity contribution >= 4 is 0 Å². The minimum Gasteiger partial charge on any atom is -0.355 e. The minimum atomic E-state index is -0.209. The first-order chi connectivity index (χ1) is 8.26. The van der Waals surface area contributed by atoms with E-state index in [0.717, 1.165) is 6.42 Å². The molecule has 2 atom stereocenters. The molecule has 0 saturated carbocycles. The summed E-state index contributed by atoms with van der Waals surface area (Å²) in [5, 5.41) is 3.44. The Morgan fingerprint density at radius 1 is 1.29 bits per heavy atom. The summed E-state index contributed by atoms with van der Waals surface area (Å²) in [4.78, 5) is 0. The summed E-state index contributed by atoms with van der Waals surface area (Å²) in [5.41, 5.74) is 8.65. The van der Waals surface area contributed by atoms with Gasteiger partial charge in [0.25, 0.3) is 0 Å². The molecule has 2 rings (SSSR count). The molecule has 94 valence electrons. The average Bonchev–Trinajstić information content (AvgIpc) is 2.69. The van der Waals surface area contributed by atoms with Crippen molar-refractivity contribution in [3.63, 3.8) is 0 Å². The molecule has 1 aliphatic carbocycles. The summed E-state index contributed by atoms with van der Waals surface area (Å²) >= 11 is 0. The van der Waals surface area contributed by atoms with Gasteiger partial charge in [-0.05, 0) is 17.5 Å². The van der Waals surface area contributed by atoms with Crippen LogP contribution in [0.3, 0.4) is 0 Å². The molecule has 4 heteroatoms. The lowest BCUT2D eigenvalue weighted by atomic mass is 10.1. The van der Waals surface area contributed by atoms with Gasteiger partial charge in [0.15, 0.2) is 6.29 Å². The van der Waals surface area contributed by atoms with Gasteiger partial charge >= 0.3 is 0 Å². The standard InChI is InChI=1S/C13H20N2O2/c1-16-13(17-2)8-15-12-7-11(14)9-5-3-4-6-10(9)12/h3-6,11-13,15H,7-8,14H2,1-2H3. The van der Waals surface area contributed by atoms with E-state index < -0.39 is 0 Å². The Hall–Kier alpha value is -0.940. The van der Waals surface area contributed by atoms with Crippen LogP contribution in [0.15, 0.2) is 24.3 Å². The predicted molar refractivity (Wildman–Crippen MR) is 66.5 cm³/mol. The summed E-state index contributed by atoms with van der Waals surface area (Å²) in [6.45, 7) is 0.665. The topological polar surface area (TPSA) is 56.5 Å². The quantitative estimate of drug-likeness (QED) is 0.757. The smallest absolute Gasteiger partial charge is 0.169 e. The molecular formula is C13H20N2O2. The normalized spacial score (nSPS) is 23.1. The second-order valence-corrected chi connectivity index (χ2v) is 4.33. The Morgan fingerprint density at radius 2 is 1.94 bits per heavy atom. The van der Waals surface area contributed by atoms with Crippen LogP contribution in [-0.2, 0) is 9.47 Å². The molecule has 0 fully saturated rings. The van der Waals surface area contributed by atoms with Crippen LogP contribution in [0.2, 0.25) is 0 Å². The Labute approximate surface area is 102 Å². The highest BCUT2D eigenvalue weighted by Gasteiger charge is 2.28. The van der Waals surface area contributed by atoms with Gasteiger partial charge in [0.1, 0.15) is 0 Å². The van der Waals surface area contributed by atoms with Gasteiger partial charge in [0, 0.05) is 32.8 Å². The molecule has 1 aliphatic rings. The van der Waals surface area contributed by atoms with Crippen LogP contribution in [0, 0.1) is 0 Å². The molecule has 4 nitrogen and oxygen atoms in total. The molecule has 0 spiro atoms. The van der Waals surface area contributed by atoms with Gasteiger partial charge in [-0.2, -0.15) is 0 Å². The number of ether oxygens (including phenoxy) is 2. The number of nitrogens with two attached hydrogens (primary N) is 1. The lowest BCUT2D eigenvalue weighted by Crippen LogP contribution is -2.32. The number of nitrogens with one attached hydrogen (secondary N) is 1. The highest BCUT2D eigenvalue weighted by Crippen LogP contribution is 2.36. The third-order valence-electron chi connectivity index (χ3n) is 3.32. The van der Waals surface area contributed by atoms with Crippen LogP contribution in [0.25, 0.3) is 0 Å². The first-order valence-corrected chi connectivity index (χ1v) is 5.89. The third-order valence-corrected chi connectivity index (χ3v) is 3.32. The zero-order valence-corrected chi connectivity index (χ0v) is 10.3. The zero-order valence-electron chi connectivity index (χ0n) is 10.3. The Balaban J connectivity index is 2.00. The van der Waals surface area contributed by atoms with Gasteiger partial charge in [-0.25, -0.2) is 0 Å². The van der Waals surface area contributed by atoms with Gasteiger partial charge in [0.05, 0.1) is 0 Å². The van der Waals surface area contributed by atoms with E-state index in [1.165, 1.54) is 11.1 Å². The minimum absolute atomic E-state index is 0.132. The van der Waals surface area contributed by atoms with Crippen molar-refractivity contribution in [1.29, 1.82) is 0 Å². The second kappa shape index (κ2) is 5.60. The van der Waals surface area contributed by atoms with Gasteiger partial charge < -0.3 is 20.5 Å². The van der Waals surface area contributed by atoms with E-state index in [1.807, 2.05) is 6.07 Å². The number of methoxy groups -OCH3 is 2. The van der Waals surface area contributed by atoms with E-state index in [4.69, 9.17) is 15.2 Å². The molecule has 2 unspecified atom stereocenters. The van der Waals surface area contributed by atoms with E-state index in [9.17, 15) is 0 Å². The van der Waals surface area contributed by atoms with Crippen LogP contribution >= 0.6 is 0 Å². The summed E-state index contributed by atoms with van der Waals surface area (Å²) in [7, 11) is 3.29. The summed E-state index contributed by atoms with van der Waals surface area (Å²) < 4.78 is 10.3. The van der Waals surface area contributed by atoms with E-state index in [1.54, 1.807) is 14.2 Å². The van der Waals surface area contributed by atoms with Crippen molar-refractivity contribution in [2.45, 2.75) is 24.8 Å². The monoisotopic (exact) mass is 236 g/mol. The van der Waals surface area contributed by atoms with Crippen LogP contribution < -0.4 is 11.1 Å². The zero-order chi connectivity index (χ0) is 12.3. The number of fused-ring (bicyclic) bond motifs is 1. The van der Waals surface area contributed by atoms with Crippen LogP contribution in [0.4, 0.5) is 0 Å². The van der Waals surface area contributed by atoms with E-state index >= 15 is 0 Å². The first kappa shape index (κ1) is 12.5. The van der Waals surface area contributed by atoms with Crippen molar-refractivity contribution < 1.29 is 9.47 Å². The Kier molecular flexibility index (Phi) is 4.12. The number of rotatable bonds is 5. The summed E-state index contributed by atoms with van der Waals surface area (Å²) in [6.07, 6.45) is 0.721. The van der Waals surface area contributed by atoms with Crippen molar-refractivity contribution in [2.75, 3.05) is 20.8 Å². The van der Waals surface area contributed by atoms with Gasteiger partial charge in [0.2, 0.25) is 0 Å². The molecule has 17 heavy (non-hydrogen) atoms. The molecule has 0 amide bonds. The molecule has 1 aromatic rings. The average molecular weight is 236 g/mol. The number of hydrogen-bond donors (Lipinski definition) is 2. The number of benzene rings is 1. The fourth-order valence-corrected chi connectivity index (χ4v) is 2.37. The van der Waals surface area contributed by atoms with Gasteiger partial charge in [-0.1, -0.05) is 24.3 Å². The first-order valence-electron chi connectivity index (χ1n) is 5.89. The maximum absolute atomic E-state index is 6.11. The van der Waals surface area contributed by atoms with Crippen molar-refractivity contribution in [1.82, 2.24) is 5.32 Å². The Morgan fingerprint density at radius 3 is 2.59 bits per heavy atom. The lowest BCUT2D eigenvalue weighted by Gasteiger charge is -2.18. The van der Waals surface area contributed by atoms with E-state index in [2.05, 4.69) is 23.5 Å². The Bertz CT molecular complexity index is 366. The highest BCUT2D eigenvalue weighted by molar-refractivity contribution is 5.37. The second-order valence-electron chi connectivity index (χ2n) is 4.33. The number of hydrogen-bond acceptors (Lipinski definition) is 4. The SMILES string of the molecule is COC(CNC1CC(N)c2ccccc21)OC. The van der Waals surface area contributed by atoms with Crippen LogP contribution in [0.1, 0.15) is 29.6 Å². The fraction of sp³-hybridized carbons (Fsp3) is 0.538. The lowest BCUT2D eigenvalue weighted by molar-refractivity contribution is -0.0999. The molecule has 0 radical (unpaired) electrons. The fourth-order valence-electron chi connectivity index (χ4n) is 2.37. The molecular weight excluding hydrogens is 216 g/mol. The highest BCUT2D eigenvalue weighted by atomic mass is 16.7. The molecule has 3 N–H and O–H groups in total. The van der Waals surface area contributed by atoms with Gasteiger partial charge in [-0.3, -0.25) is 0 Å². The summed E-state index contributed by atoms with van der Waals surface area (Å²) in [5.74, 6) is 0. The van der Waals surface area contributed by atoms with Crippen LogP contribution in [-0.4, -0.2) is 27.1 Å². The molecule has 0 saturated heterocycles. The third kappa shape index (κ3) is 2.66. The molecule has 0 bridgehead atoms. The molecule has 1 aromatic carbocycles. The van der Waals surface area contributed by atoms with Crippen molar-refractivity contribution in [3.05, 3.63) is 35.4 Å². The molecule has 0 aliphatic heterocycles. The maximum atomic E-state index is 6.11. The van der Waals surface area contributed by atoms with E-state index in [0.29, 0.717) is 12.6 Å².